The highest BCUT2D eigenvalue weighted by Crippen LogP contribution is 2.31. The quantitative estimate of drug-likeness (QED) is 0.498. The molecule has 1 heterocycles. The van der Waals surface area contributed by atoms with Gasteiger partial charge in [0, 0.05) is 24.3 Å². The standard InChI is InChI=1S/C25H28FNO2/c1-3-25(2,20-8-5-4-6-9-20)18-24(28)27-16-15-22(23-10-7-17-29-23)19-11-13-21(26)14-12-19/h4-14,17,22H,3,15-16,18H2,1-2H3,(H,27,28). The molecular formula is C25H28FNO2. The lowest BCUT2D eigenvalue weighted by Gasteiger charge is -2.28. The van der Waals surface area contributed by atoms with Crippen molar-refractivity contribution in [1.29, 1.82) is 0 Å². The number of rotatable bonds is 9. The Morgan fingerprint density at radius 2 is 1.79 bits per heavy atom. The van der Waals surface area contributed by atoms with Gasteiger partial charge in [0.1, 0.15) is 11.6 Å². The van der Waals surface area contributed by atoms with Crippen molar-refractivity contribution in [1.82, 2.24) is 5.32 Å². The Balaban J connectivity index is 1.62. The van der Waals surface area contributed by atoms with E-state index >= 15 is 0 Å². The maximum absolute atomic E-state index is 13.3. The maximum Gasteiger partial charge on any atom is 0.220 e. The van der Waals surface area contributed by atoms with Crippen molar-refractivity contribution < 1.29 is 13.6 Å². The van der Waals surface area contributed by atoms with Gasteiger partial charge in [-0.3, -0.25) is 4.79 Å². The topological polar surface area (TPSA) is 42.2 Å². The lowest BCUT2D eigenvalue weighted by molar-refractivity contribution is -0.122. The first-order valence-electron chi connectivity index (χ1n) is 10.1. The Kier molecular flexibility index (Phi) is 6.86. The average molecular weight is 394 g/mol. The van der Waals surface area contributed by atoms with E-state index in [0.717, 1.165) is 17.7 Å². The van der Waals surface area contributed by atoms with Gasteiger partial charge in [-0.2, -0.15) is 0 Å². The van der Waals surface area contributed by atoms with Crippen LogP contribution in [0.2, 0.25) is 0 Å². The molecule has 0 aliphatic heterocycles. The largest absolute Gasteiger partial charge is 0.469 e. The zero-order valence-electron chi connectivity index (χ0n) is 17.0. The minimum atomic E-state index is -0.264. The molecule has 1 aromatic heterocycles. The van der Waals surface area contributed by atoms with Crippen molar-refractivity contribution in [2.24, 2.45) is 0 Å². The minimum Gasteiger partial charge on any atom is -0.469 e. The molecule has 152 valence electrons. The predicted molar refractivity (Wildman–Crippen MR) is 113 cm³/mol. The molecule has 0 saturated carbocycles. The van der Waals surface area contributed by atoms with E-state index in [4.69, 9.17) is 4.42 Å². The Bertz CT molecular complexity index is 890. The molecule has 0 aliphatic carbocycles. The summed E-state index contributed by atoms with van der Waals surface area (Å²) in [4.78, 5) is 12.7. The summed E-state index contributed by atoms with van der Waals surface area (Å²) >= 11 is 0. The summed E-state index contributed by atoms with van der Waals surface area (Å²) in [6, 6.07) is 20.4. The van der Waals surface area contributed by atoms with Gasteiger partial charge in [0.05, 0.1) is 6.26 Å². The summed E-state index contributed by atoms with van der Waals surface area (Å²) in [6.07, 6.45) is 3.64. The molecule has 2 unspecified atom stereocenters. The van der Waals surface area contributed by atoms with Gasteiger partial charge >= 0.3 is 0 Å². The molecular weight excluding hydrogens is 365 g/mol. The van der Waals surface area contributed by atoms with Gasteiger partial charge < -0.3 is 9.73 Å². The van der Waals surface area contributed by atoms with Crippen molar-refractivity contribution >= 4 is 5.91 Å². The van der Waals surface area contributed by atoms with Gasteiger partial charge in [0.15, 0.2) is 0 Å². The molecule has 0 fully saturated rings. The molecule has 0 spiro atoms. The number of carbonyl (C=O) groups is 1. The SMILES string of the molecule is CCC(C)(CC(=O)NCCC(c1ccc(F)cc1)c1ccco1)c1ccccc1. The van der Waals surface area contributed by atoms with Crippen LogP contribution in [0.5, 0.6) is 0 Å². The number of hydrogen-bond donors (Lipinski definition) is 1. The molecule has 29 heavy (non-hydrogen) atoms. The van der Waals surface area contributed by atoms with Crippen LogP contribution in [0.4, 0.5) is 4.39 Å². The monoisotopic (exact) mass is 393 g/mol. The number of furan rings is 1. The molecule has 3 rings (SSSR count). The zero-order chi connectivity index (χ0) is 20.7. The summed E-state index contributed by atoms with van der Waals surface area (Å²) in [5.41, 5.74) is 1.96. The smallest absolute Gasteiger partial charge is 0.220 e. The van der Waals surface area contributed by atoms with Gasteiger partial charge in [-0.1, -0.05) is 56.3 Å². The average Bonchev–Trinajstić information content (AvgIpc) is 3.27. The first-order valence-corrected chi connectivity index (χ1v) is 10.1. The van der Waals surface area contributed by atoms with E-state index in [1.165, 1.54) is 17.7 Å². The molecule has 1 amide bonds. The molecule has 0 aliphatic rings. The first-order chi connectivity index (χ1) is 14.0. The van der Waals surface area contributed by atoms with Crippen molar-refractivity contribution in [3.05, 3.63) is 95.7 Å². The summed E-state index contributed by atoms with van der Waals surface area (Å²) < 4.78 is 18.9. The van der Waals surface area contributed by atoms with E-state index in [2.05, 4.69) is 31.3 Å². The van der Waals surface area contributed by atoms with E-state index in [-0.39, 0.29) is 23.1 Å². The number of hydrogen-bond acceptors (Lipinski definition) is 2. The number of benzene rings is 2. The molecule has 1 N–H and O–H groups in total. The summed E-state index contributed by atoms with van der Waals surface area (Å²) in [5, 5.41) is 3.06. The van der Waals surface area contributed by atoms with Crippen molar-refractivity contribution in [3.63, 3.8) is 0 Å². The summed E-state index contributed by atoms with van der Waals surface area (Å²) in [6.45, 7) is 4.77. The highest BCUT2D eigenvalue weighted by atomic mass is 19.1. The predicted octanol–water partition coefficient (Wildman–Crippen LogP) is 5.81. The molecule has 0 radical (unpaired) electrons. The molecule has 2 atom stereocenters. The molecule has 4 heteroatoms. The van der Waals surface area contributed by atoms with Crippen LogP contribution in [0.3, 0.4) is 0 Å². The number of amides is 1. The fourth-order valence-electron chi connectivity index (χ4n) is 3.70. The third-order valence-corrected chi connectivity index (χ3v) is 5.72. The van der Waals surface area contributed by atoms with Crippen LogP contribution in [-0.4, -0.2) is 12.5 Å². The fourth-order valence-corrected chi connectivity index (χ4v) is 3.70. The maximum atomic E-state index is 13.3. The van der Waals surface area contributed by atoms with Crippen molar-refractivity contribution in [3.8, 4) is 0 Å². The van der Waals surface area contributed by atoms with E-state index in [9.17, 15) is 9.18 Å². The van der Waals surface area contributed by atoms with Gasteiger partial charge in [0.25, 0.3) is 0 Å². The van der Waals surface area contributed by atoms with Crippen LogP contribution in [0.1, 0.15) is 55.9 Å². The van der Waals surface area contributed by atoms with Crippen LogP contribution < -0.4 is 5.32 Å². The zero-order valence-corrected chi connectivity index (χ0v) is 17.0. The van der Waals surface area contributed by atoms with Gasteiger partial charge in [-0.05, 0) is 48.2 Å². The van der Waals surface area contributed by atoms with Gasteiger partial charge in [-0.25, -0.2) is 4.39 Å². The van der Waals surface area contributed by atoms with Crippen LogP contribution in [-0.2, 0) is 10.2 Å². The van der Waals surface area contributed by atoms with Gasteiger partial charge in [-0.15, -0.1) is 0 Å². The van der Waals surface area contributed by atoms with E-state index < -0.39 is 0 Å². The molecule has 3 aromatic rings. The van der Waals surface area contributed by atoms with Gasteiger partial charge in [0.2, 0.25) is 5.91 Å². The van der Waals surface area contributed by atoms with Crippen LogP contribution in [0, 0.1) is 5.82 Å². The van der Waals surface area contributed by atoms with E-state index in [0.29, 0.717) is 19.4 Å². The third-order valence-electron chi connectivity index (χ3n) is 5.72. The molecule has 0 saturated heterocycles. The Hall–Kier alpha value is -2.88. The van der Waals surface area contributed by atoms with E-state index in [1.807, 2.05) is 30.3 Å². The molecule has 0 bridgehead atoms. The summed E-state index contributed by atoms with van der Waals surface area (Å²) in [5.74, 6) is 0.557. The lowest BCUT2D eigenvalue weighted by Crippen LogP contribution is -2.33. The lowest BCUT2D eigenvalue weighted by atomic mass is 9.77. The molecule has 2 aromatic carbocycles. The normalized spacial score (nSPS) is 14.2. The number of halogens is 1. The van der Waals surface area contributed by atoms with Crippen molar-refractivity contribution in [2.45, 2.75) is 44.4 Å². The third kappa shape index (κ3) is 5.35. The van der Waals surface area contributed by atoms with Crippen LogP contribution in [0.25, 0.3) is 0 Å². The minimum absolute atomic E-state index is 0.0300. The second-order valence-electron chi connectivity index (χ2n) is 7.72. The second kappa shape index (κ2) is 9.55. The van der Waals surface area contributed by atoms with Crippen LogP contribution >= 0.6 is 0 Å². The first kappa shape index (κ1) is 20.8. The molecule has 3 nitrogen and oxygen atoms in total. The van der Waals surface area contributed by atoms with Crippen molar-refractivity contribution in [2.75, 3.05) is 6.54 Å². The highest BCUT2D eigenvalue weighted by molar-refractivity contribution is 5.77. The van der Waals surface area contributed by atoms with E-state index in [1.54, 1.807) is 18.4 Å². The van der Waals surface area contributed by atoms with Crippen LogP contribution in [0.15, 0.2) is 77.4 Å². The number of carbonyl (C=O) groups excluding carboxylic acids is 1. The number of nitrogens with one attached hydrogen (secondary N) is 1. The Morgan fingerprint density at radius 1 is 1.07 bits per heavy atom. The Labute approximate surface area is 172 Å². The second-order valence-corrected chi connectivity index (χ2v) is 7.72. The Morgan fingerprint density at radius 3 is 2.41 bits per heavy atom. The highest BCUT2D eigenvalue weighted by Gasteiger charge is 2.27. The fraction of sp³-hybridized carbons (Fsp3) is 0.320. The summed E-state index contributed by atoms with van der Waals surface area (Å²) in [7, 11) is 0.